The van der Waals surface area contributed by atoms with E-state index < -0.39 is 6.09 Å². The zero-order chi connectivity index (χ0) is 14.6. The highest BCUT2D eigenvalue weighted by Crippen LogP contribution is 2.30. The van der Waals surface area contributed by atoms with Crippen LogP contribution in [0, 0.1) is 13.8 Å². The smallest absolute Gasteiger partial charge is 0.406 e. The number of nitrogens with one attached hydrogen (secondary N) is 1. The number of carbonyl (C=O) groups is 1. The lowest BCUT2D eigenvalue weighted by Crippen LogP contribution is -2.36. The number of amides is 1. The third kappa shape index (κ3) is 3.63. The van der Waals surface area contributed by atoms with Gasteiger partial charge in [-0.15, -0.1) is 0 Å². The normalized spacial score (nSPS) is 11.1. The number of carbonyl (C=O) groups excluding carboxylic acids is 1. The molecule has 106 valence electrons. The van der Waals surface area contributed by atoms with E-state index in [9.17, 15) is 4.79 Å². The Hall–Kier alpha value is -1.71. The van der Waals surface area contributed by atoms with Crippen molar-refractivity contribution in [2.45, 2.75) is 33.1 Å². The summed E-state index contributed by atoms with van der Waals surface area (Å²) < 4.78 is 9.96. The van der Waals surface area contributed by atoms with Crippen molar-refractivity contribution in [2.75, 3.05) is 20.8 Å². The van der Waals surface area contributed by atoms with Gasteiger partial charge in [0.15, 0.2) is 0 Å². The standard InChI is InChI=1S/C15H23NO3/c1-10-7-12(8-11(2)13(10)18-5)15(3,4)9-16-14(17)19-6/h7-8H,9H2,1-6H3,(H,16,17). The minimum absolute atomic E-state index is 0.171. The van der Waals surface area contributed by atoms with Crippen LogP contribution in [0.3, 0.4) is 0 Å². The monoisotopic (exact) mass is 265 g/mol. The Morgan fingerprint density at radius 2 is 1.74 bits per heavy atom. The summed E-state index contributed by atoms with van der Waals surface area (Å²) in [4.78, 5) is 11.2. The van der Waals surface area contributed by atoms with Gasteiger partial charge in [-0.25, -0.2) is 4.79 Å². The molecule has 0 aliphatic carbocycles. The van der Waals surface area contributed by atoms with Gasteiger partial charge < -0.3 is 14.8 Å². The molecule has 0 spiro atoms. The molecule has 4 heteroatoms. The minimum Gasteiger partial charge on any atom is -0.496 e. The summed E-state index contributed by atoms with van der Waals surface area (Å²) in [6.07, 6.45) is -0.407. The second-order valence-electron chi connectivity index (χ2n) is 5.37. The van der Waals surface area contributed by atoms with Gasteiger partial charge in [-0.1, -0.05) is 26.0 Å². The Bertz CT molecular complexity index is 443. The van der Waals surface area contributed by atoms with Crippen molar-refractivity contribution in [2.24, 2.45) is 0 Å². The van der Waals surface area contributed by atoms with Gasteiger partial charge in [0.25, 0.3) is 0 Å². The summed E-state index contributed by atoms with van der Waals surface area (Å²) in [5.41, 5.74) is 3.20. The third-order valence-electron chi connectivity index (χ3n) is 3.31. The topological polar surface area (TPSA) is 47.6 Å². The predicted octanol–water partition coefficient (Wildman–Crippen LogP) is 2.95. The first-order chi connectivity index (χ1) is 8.81. The first-order valence-electron chi connectivity index (χ1n) is 6.29. The Labute approximate surface area is 115 Å². The maximum Gasteiger partial charge on any atom is 0.406 e. The van der Waals surface area contributed by atoms with E-state index in [0.717, 1.165) is 16.9 Å². The number of benzene rings is 1. The van der Waals surface area contributed by atoms with Crippen molar-refractivity contribution < 1.29 is 14.3 Å². The van der Waals surface area contributed by atoms with E-state index in [1.54, 1.807) is 7.11 Å². The molecule has 0 aliphatic heterocycles. The highest BCUT2D eigenvalue weighted by Gasteiger charge is 2.23. The highest BCUT2D eigenvalue weighted by atomic mass is 16.5. The summed E-state index contributed by atoms with van der Waals surface area (Å²) in [6.45, 7) is 8.75. The fourth-order valence-electron chi connectivity index (χ4n) is 2.13. The van der Waals surface area contributed by atoms with E-state index in [2.05, 4.69) is 36.0 Å². The summed E-state index contributed by atoms with van der Waals surface area (Å²) in [5, 5.41) is 2.75. The number of hydrogen-bond donors (Lipinski definition) is 1. The van der Waals surface area contributed by atoms with Gasteiger partial charge in [0, 0.05) is 12.0 Å². The molecular weight excluding hydrogens is 242 g/mol. The van der Waals surface area contributed by atoms with Crippen molar-refractivity contribution in [3.8, 4) is 5.75 Å². The van der Waals surface area contributed by atoms with Gasteiger partial charge in [0.1, 0.15) is 5.75 Å². The van der Waals surface area contributed by atoms with Crippen LogP contribution in [0.25, 0.3) is 0 Å². The van der Waals surface area contributed by atoms with E-state index in [1.165, 1.54) is 12.7 Å². The molecule has 1 rings (SSSR count). The molecule has 0 aliphatic rings. The lowest BCUT2D eigenvalue weighted by atomic mass is 9.83. The van der Waals surface area contributed by atoms with Crippen LogP contribution in [0.15, 0.2) is 12.1 Å². The summed E-state index contributed by atoms with van der Waals surface area (Å²) >= 11 is 0. The van der Waals surface area contributed by atoms with E-state index >= 15 is 0 Å². The Morgan fingerprint density at radius 3 is 2.16 bits per heavy atom. The molecule has 1 N–H and O–H groups in total. The Kier molecular flexibility index (Phi) is 4.81. The summed E-state index contributed by atoms with van der Waals surface area (Å²) in [7, 11) is 3.04. The fourth-order valence-corrected chi connectivity index (χ4v) is 2.13. The molecule has 4 nitrogen and oxygen atoms in total. The van der Waals surface area contributed by atoms with Crippen molar-refractivity contribution in [3.63, 3.8) is 0 Å². The van der Waals surface area contributed by atoms with Crippen molar-refractivity contribution in [1.29, 1.82) is 0 Å². The SMILES string of the molecule is COC(=O)NCC(C)(C)c1cc(C)c(OC)c(C)c1. The number of aryl methyl sites for hydroxylation is 2. The van der Waals surface area contributed by atoms with Gasteiger partial charge >= 0.3 is 6.09 Å². The van der Waals surface area contributed by atoms with Crippen molar-refractivity contribution >= 4 is 6.09 Å². The number of alkyl carbamates (subject to hydrolysis) is 1. The first kappa shape index (κ1) is 15.3. The molecule has 1 aromatic rings. The Morgan fingerprint density at radius 1 is 1.21 bits per heavy atom. The molecule has 0 unspecified atom stereocenters. The molecule has 0 saturated carbocycles. The molecule has 0 fully saturated rings. The molecule has 0 saturated heterocycles. The van der Waals surface area contributed by atoms with Crippen LogP contribution < -0.4 is 10.1 Å². The zero-order valence-electron chi connectivity index (χ0n) is 12.6. The molecule has 0 atom stereocenters. The van der Waals surface area contributed by atoms with E-state index in [4.69, 9.17) is 4.74 Å². The number of ether oxygens (including phenoxy) is 2. The number of hydrogen-bond acceptors (Lipinski definition) is 3. The molecule has 1 aromatic carbocycles. The van der Waals surface area contributed by atoms with Crippen LogP contribution in [0.5, 0.6) is 5.75 Å². The van der Waals surface area contributed by atoms with Gasteiger partial charge in [-0.3, -0.25) is 0 Å². The molecule has 0 radical (unpaired) electrons. The predicted molar refractivity (Wildman–Crippen MR) is 75.9 cm³/mol. The molecule has 0 aromatic heterocycles. The molecule has 0 bridgehead atoms. The third-order valence-corrected chi connectivity index (χ3v) is 3.31. The van der Waals surface area contributed by atoms with E-state index in [0.29, 0.717) is 6.54 Å². The average Bonchev–Trinajstić information content (AvgIpc) is 2.35. The fraction of sp³-hybridized carbons (Fsp3) is 0.533. The largest absolute Gasteiger partial charge is 0.496 e. The first-order valence-corrected chi connectivity index (χ1v) is 6.29. The maximum absolute atomic E-state index is 11.2. The second kappa shape index (κ2) is 5.95. The van der Waals surface area contributed by atoms with E-state index in [-0.39, 0.29) is 5.41 Å². The van der Waals surface area contributed by atoms with Crippen LogP contribution >= 0.6 is 0 Å². The number of rotatable bonds is 4. The Balaban J connectivity index is 2.98. The number of methoxy groups -OCH3 is 2. The van der Waals surface area contributed by atoms with Gasteiger partial charge in [0.05, 0.1) is 14.2 Å². The zero-order valence-corrected chi connectivity index (χ0v) is 12.6. The molecular formula is C15H23NO3. The van der Waals surface area contributed by atoms with Crippen LogP contribution in [0.1, 0.15) is 30.5 Å². The minimum atomic E-state index is -0.407. The van der Waals surface area contributed by atoms with Crippen molar-refractivity contribution in [3.05, 3.63) is 28.8 Å². The van der Waals surface area contributed by atoms with Crippen LogP contribution in [0.2, 0.25) is 0 Å². The van der Waals surface area contributed by atoms with Crippen molar-refractivity contribution in [1.82, 2.24) is 5.32 Å². The van der Waals surface area contributed by atoms with Gasteiger partial charge in [-0.2, -0.15) is 0 Å². The van der Waals surface area contributed by atoms with Gasteiger partial charge in [-0.05, 0) is 30.5 Å². The summed E-state index contributed by atoms with van der Waals surface area (Å²) in [6, 6.07) is 4.20. The van der Waals surface area contributed by atoms with Gasteiger partial charge in [0.2, 0.25) is 0 Å². The lowest BCUT2D eigenvalue weighted by molar-refractivity contribution is 0.168. The van der Waals surface area contributed by atoms with Crippen LogP contribution in [-0.2, 0) is 10.2 Å². The lowest BCUT2D eigenvalue weighted by Gasteiger charge is -2.27. The van der Waals surface area contributed by atoms with E-state index in [1.807, 2.05) is 13.8 Å². The maximum atomic E-state index is 11.2. The van der Waals surface area contributed by atoms with Crippen LogP contribution in [-0.4, -0.2) is 26.9 Å². The quantitative estimate of drug-likeness (QED) is 0.910. The van der Waals surface area contributed by atoms with Crippen LogP contribution in [0.4, 0.5) is 4.79 Å². The molecule has 19 heavy (non-hydrogen) atoms. The highest BCUT2D eigenvalue weighted by molar-refractivity contribution is 5.67. The molecule has 0 heterocycles. The summed E-state index contributed by atoms with van der Waals surface area (Å²) in [5.74, 6) is 0.917. The molecule has 1 amide bonds. The second-order valence-corrected chi connectivity index (χ2v) is 5.37. The average molecular weight is 265 g/mol.